The number of aliphatic imine (C=N–C) groups is 1. The van der Waals surface area contributed by atoms with Crippen molar-refractivity contribution in [3.05, 3.63) is 76.5 Å². The molecule has 2 aromatic carbocycles. The minimum Gasteiger partial charge on any atom is -0.462 e. The van der Waals surface area contributed by atoms with Crippen LogP contribution in [0.25, 0.3) is 6.08 Å². The Balaban J connectivity index is 1.77. The van der Waals surface area contributed by atoms with Crippen molar-refractivity contribution in [2.45, 2.75) is 20.8 Å². The minimum absolute atomic E-state index is 0.225. The maximum absolute atomic E-state index is 12.1. The van der Waals surface area contributed by atoms with E-state index in [1.165, 1.54) is 0 Å². The maximum atomic E-state index is 12.1. The topological polar surface area (TPSA) is 65.0 Å². The molecule has 0 spiro atoms. The highest BCUT2D eigenvalue weighted by Gasteiger charge is 2.24. The molecule has 138 valence electrons. The van der Waals surface area contributed by atoms with Crippen LogP contribution >= 0.6 is 0 Å². The van der Waals surface area contributed by atoms with Crippen LogP contribution in [0, 0.1) is 12.8 Å². The standard InChI is InChI=1S/C22H21NO4/c1-14(2)13-26-21(24)17-10-8-16(9-11-17)12-19-22(25)27-20(23-19)18-7-5-4-6-15(18)3/h4-12,14H,13H2,1-3H3/b19-12-. The quantitative estimate of drug-likeness (QED) is 0.591. The van der Waals surface area contributed by atoms with Crippen LogP contribution in [0.1, 0.15) is 40.9 Å². The number of cyclic esters (lactones) is 1. The monoisotopic (exact) mass is 363 g/mol. The molecular weight excluding hydrogens is 342 g/mol. The number of nitrogens with zero attached hydrogens (tertiary/aromatic N) is 1. The highest BCUT2D eigenvalue weighted by Crippen LogP contribution is 2.21. The van der Waals surface area contributed by atoms with Crippen molar-refractivity contribution in [2.24, 2.45) is 10.9 Å². The molecule has 0 aromatic heterocycles. The molecule has 1 aliphatic rings. The summed E-state index contributed by atoms with van der Waals surface area (Å²) in [6, 6.07) is 14.4. The van der Waals surface area contributed by atoms with Gasteiger partial charge in [-0.15, -0.1) is 0 Å². The van der Waals surface area contributed by atoms with Gasteiger partial charge in [0.1, 0.15) is 0 Å². The molecule has 0 fully saturated rings. The van der Waals surface area contributed by atoms with Crippen LogP contribution < -0.4 is 0 Å². The second-order valence-electron chi connectivity index (χ2n) is 6.77. The zero-order valence-corrected chi connectivity index (χ0v) is 15.6. The molecule has 5 nitrogen and oxygen atoms in total. The fraction of sp³-hybridized carbons (Fsp3) is 0.227. The normalized spacial score (nSPS) is 15.0. The Labute approximate surface area is 158 Å². The average molecular weight is 363 g/mol. The summed E-state index contributed by atoms with van der Waals surface area (Å²) in [7, 11) is 0. The Bertz CT molecular complexity index is 924. The SMILES string of the molecule is Cc1ccccc1C1=N/C(=C\c2ccc(C(=O)OCC(C)C)cc2)C(=O)O1. The smallest absolute Gasteiger partial charge is 0.363 e. The first-order valence-corrected chi connectivity index (χ1v) is 8.80. The van der Waals surface area contributed by atoms with E-state index in [1.54, 1.807) is 30.3 Å². The first-order chi connectivity index (χ1) is 12.9. The summed E-state index contributed by atoms with van der Waals surface area (Å²) in [6.07, 6.45) is 1.64. The number of rotatable bonds is 5. The summed E-state index contributed by atoms with van der Waals surface area (Å²) in [6.45, 7) is 6.28. The predicted molar refractivity (Wildman–Crippen MR) is 103 cm³/mol. The van der Waals surface area contributed by atoms with Crippen molar-refractivity contribution in [1.82, 2.24) is 0 Å². The third-order valence-corrected chi connectivity index (χ3v) is 3.99. The number of benzene rings is 2. The van der Waals surface area contributed by atoms with E-state index in [0.29, 0.717) is 18.1 Å². The number of carbonyl (C=O) groups excluding carboxylic acids is 2. The van der Waals surface area contributed by atoms with Gasteiger partial charge in [0.2, 0.25) is 5.90 Å². The van der Waals surface area contributed by atoms with Crippen LogP contribution in [0.15, 0.2) is 59.2 Å². The molecule has 1 heterocycles. The van der Waals surface area contributed by atoms with E-state index in [0.717, 1.165) is 16.7 Å². The lowest BCUT2D eigenvalue weighted by Gasteiger charge is -2.07. The molecule has 0 atom stereocenters. The molecule has 0 N–H and O–H groups in total. The van der Waals surface area contributed by atoms with Gasteiger partial charge < -0.3 is 9.47 Å². The molecule has 0 saturated carbocycles. The molecule has 0 bridgehead atoms. The number of aryl methyl sites for hydroxylation is 1. The minimum atomic E-state index is -0.492. The molecule has 0 radical (unpaired) electrons. The van der Waals surface area contributed by atoms with Crippen LogP contribution in [0.3, 0.4) is 0 Å². The molecule has 3 rings (SSSR count). The molecule has 1 aliphatic heterocycles. The first-order valence-electron chi connectivity index (χ1n) is 8.80. The molecule has 0 amide bonds. The number of carbonyl (C=O) groups is 2. The third-order valence-electron chi connectivity index (χ3n) is 3.99. The van der Waals surface area contributed by atoms with Crippen LogP contribution in [0.2, 0.25) is 0 Å². The second-order valence-corrected chi connectivity index (χ2v) is 6.77. The maximum Gasteiger partial charge on any atom is 0.363 e. The van der Waals surface area contributed by atoms with Crippen molar-refractivity contribution < 1.29 is 19.1 Å². The van der Waals surface area contributed by atoms with E-state index < -0.39 is 5.97 Å². The van der Waals surface area contributed by atoms with Gasteiger partial charge in [-0.2, -0.15) is 0 Å². The molecular formula is C22H21NO4. The van der Waals surface area contributed by atoms with Gasteiger partial charge in [0.25, 0.3) is 0 Å². The summed E-state index contributed by atoms with van der Waals surface area (Å²) in [4.78, 5) is 28.4. The fourth-order valence-electron chi connectivity index (χ4n) is 2.54. The van der Waals surface area contributed by atoms with E-state index in [4.69, 9.17) is 9.47 Å². The summed E-state index contributed by atoms with van der Waals surface area (Å²) < 4.78 is 10.5. The lowest BCUT2D eigenvalue weighted by atomic mass is 10.1. The van der Waals surface area contributed by atoms with E-state index >= 15 is 0 Å². The highest BCUT2D eigenvalue weighted by atomic mass is 16.6. The zero-order valence-electron chi connectivity index (χ0n) is 15.6. The summed E-state index contributed by atoms with van der Waals surface area (Å²) in [5.74, 6) is -0.262. The van der Waals surface area contributed by atoms with Gasteiger partial charge in [-0.1, -0.05) is 44.2 Å². The van der Waals surface area contributed by atoms with Gasteiger partial charge >= 0.3 is 11.9 Å². The molecule has 27 heavy (non-hydrogen) atoms. The van der Waals surface area contributed by atoms with Gasteiger partial charge in [0.15, 0.2) is 5.70 Å². The lowest BCUT2D eigenvalue weighted by Crippen LogP contribution is -2.10. The summed E-state index contributed by atoms with van der Waals surface area (Å²) >= 11 is 0. The Morgan fingerprint density at radius 2 is 1.85 bits per heavy atom. The van der Waals surface area contributed by atoms with E-state index in [-0.39, 0.29) is 17.6 Å². The Morgan fingerprint density at radius 3 is 2.52 bits per heavy atom. The van der Waals surface area contributed by atoms with Crippen LogP contribution in [-0.4, -0.2) is 24.4 Å². The molecule has 0 saturated heterocycles. The summed E-state index contributed by atoms with van der Waals surface area (Å²) in [5, 5.41) is 0. The number of ether oxygens (including phenoxy) is 2. The van der Waals surface area contributed by atoms with Gasteiger partial charge in [-0.05, 0) is 48.2 Å². The highest BCUT2D eigenvalue weighted by molar-refractivity contribution is 6.13. The Kier molecular flexibility index (Phi) is 5.50. The average Bonchev–Trinajstić information content (AvgIpc) is 3.01. The molecule has 0 aliphatic carbocycles. The number of esters is 2. The van der Waals surface area contributed by atoms with Crippen LogP contribution in [0.5, 0.6) is 0 Å². The van der Waals surface area contributed by atoms with Gasteiger partial charge in [0.05, 0.1) is 12.2 Å². The van der Waals surface area contributed by atoms with Gasteiger partial charge in [-0.3, -0.25) is 0 Å². The largest absolute Gasteiger partial charge is 0.462 e. The predicted octanol–water partition coefficient (Wildman–Crippen LogP) is 4.15. The van der Waals surface area contributed by atoms with Crippen molar-refractivity contribution in [2.75, 3.05) is 6.61 Å². The second kappa shape index (κ2) is 7.99. The van der Waals surface area contributed by atoms with Crippen molar-refractivity contribution >= 4 is 23.9 Å². The van der Waals surface area contributed by atoms with E-state index in [2.05, 4.69) is 4.99 Å². The lowest BCUT2D eigenvalue weighted by molar-refractivity contribution is -0.129. The van der Waals surface area contributed by atoms with Crippen LogP contribution in [-0.2, 0) is 14.3 Å². The number of hydrogen-bond donors (Lipinski definition) is 0. The van der Waals surface area contributed by atoms with Crippen LogP contribution in [0.4, 0.5) is 0 Å². The van der Waals surface area contributed by atoms with Crippen molar-refractivity contribution in [3.63, 3.8) is 0 Å². The van der Waals surface area contributed by atoms with Crippen molar-refractivity contribution in [1.29, 1.82) is 0 Å². The van der Waals surface area contributed by atoms with E-state index in [1.807, 2.05) is 45.0 Å². The first kappa shape index (κ1) is 18.6. The number of hydrogen-bond acceptors (Lipinski definition) is 5. The summed E-state index contributed by atoms with van der Waals surface area (Å²) in [5.41, 5.74) is 3.21. The fourth-order valence-corrected chi connectivity index (χ4v) is 2.54. The molecule has 0 unspecified atom stereocenters. The van der Waals surface area contributed by atoms with Crippen molar-refractivity contribution in [3.8, 4) is 0 Å². The Hall–Kier alpha value is -3.21. The third kappa shape index (κ3) is 4.50. The molecule has 5 heteroatoms. The van der Waals surface area contributed by atoms with E-state index in [9.17, 15) is 9.59 Å². The molecule has 2 aromatic rings. The zero-order chi connectivity index (χ0) is 19.4. The Morgan fingerprint density at radius 1 is 1.15 bits per heavy atom. The van der Waals surface area contributed by atoms with Gasteiger partial charge in [-0.25, -0.2) is 14.6 Å². The van der Waals surface area contributed by atoms with Gasteiger partial charge in [0, 0.05) is 5.56 Å².